The number of hydrazine groups is 1. The molecule has 0 aromatic carbocycles. The van der Waals surface area contributed by atoms with Crippen molar-refractivity contribution in [3.05, 3.63) is 21.7 Å². The standard InChI is InChI=1S/C12H18N4O/c13-15-11-12(17)16(7-8-5-6-8)10-4-2-1-3-9(10)14-11/h8H,1-7,13H2,(H,14,15). The Bertz CT molecular complexity index is 490. The summed E-state index contributed by atoms with van der Waals surface area (Å²) in [7, 11) is 0. The summed E-state index contributed by atoms with van der Waals surface area (Å²) in [6.45, 7) is 0.846. The minimum atomic E-state index is -0.0555. The highest BCUT2D eigenvalue weighted by Gasteiger charge is 2.26. The van der Waals surface area contributed by atoms with Gasteiger partial charge in [-0.15, -0.1) is 0 Å². The predicted octanol–water partition coefficient (Wildman–Crippen LogP) is 0.818. The fourth-order valence-corrected chi connectivity index (χ4v) is 2.56. The Balaban J connectivity index is 2.10. The third-order valence-electron chi connectivity index (χ3n) is 3.70. The number of nitrogen functional groups attached to an aromatic ring is 1. The summed E-state index contributed by atoms with van der Waals surface area (Å²) in [4.78, 5) is 16.5. The summed E-state index contributed by atoms with van der Waals surface area (Å²) in [5.74, 6) is 6.36. The number of nitrogens with zero attached hydrogens (tertiary/aromatic N) is 2. The van der Waals surface area contributed by atoms with Crippen LogP contribution >= 0.6 is 0 Å². The second kappa shape index (κ2) is 4.14. The number of hydrogen-bond donors (Lipinski definition) is 2. The molecule has 0 atom stereocenters. The van der Waals surface area contributed by atoms with E-state index in [-0.39, 0.29) is 5.56 Å². The van der Waals surface area contributed by atoms with Gasteiger partial charge in [-0.3, -0.25) is 4.79 Å². The van der Waals surface area contributed by atoms with Crippen LogP contribution in [-0.2, 0) is 19.4 Å². The normalized spacial score (nSPS) is 18.9. The van der Waals surface area contributed by atoms with E-state index in [1.165, 1.54) is 12.8 Å². The lowest BCUT2D eigenvalue weighted by Gasteiger charge is -2.21. The highest BCUT2D eigenvalue weighted by Crippen LogP contribution is 2.31. The molecule has 0 radical (unpaired) electrons. The van der Waals surface area contributed by atoms with E-state index in [4.69, 9.17) is 5.84 Å². The van der Waals surface area contributed by atoms with Crippen molar-refractivity contribution in [2.75, 3.05) is 5.43 Å². The molecular formula is C12H18N4O. The van der Waals surface area contributed by atoms with Gasteiger partial charge < -0.3 is 9.99 Å². The molecule has 0 aliphatic heterocycles. The zero-order valence-corrected chi connectivity index (χ0v) is 9.91. The summed E-state index contributed by atoms with van der Waals surface area (Å²) in [6.07, 6.45) is 6.76. The van der Waals surface area contributed by atoms with Gasteiger partial charge >= 0.3 is 0 Å². The molecule has 3 N–H and O–H groups in total. The molecule has 1 fully saturated rings. The predicted molar refractivity (Wildman–Crippen MR) is 65.7 cm³/mol. The van der Waals surface area contributed by atoms with E-state index in [2.05, 4.69) is 10.4 Å². The first-order valence-electron chi connectivity index (χ1n) is 6.39. The van der Waals surface area contributed by atoms with Crippen LogP contribution < -0.4 is 16.8 Å². The van der Waals surface area contributed by atoms with E-state index in [1.54, 1.807) is 0 Å². The number of nitrogens with one attached hydrogen (secondary N) is 1. The Morgan fingerprint density at radius 1 is 1.35 bits per heavy atom. The van der Waals surface area contributed by atoms with Gasteiger partial charge in [0.15, 0.2) is 0 Å². The number of aryl methyl sites for hydroxylation is 1. The van der Waals surface area contributed by atoms with Crippen molar-refractivity contribution in [2.45, 2.75) is 45.1 Å². The van der Waals surface area contributed by atoms with Crippen molar-refractivity contribution in [3.8, 4) is 0 Å². The first-order valence-corrected chi connectivity index (χ1v) is 6.39. The zero-order valence-electron chi connectivity index (χ0n) is 9.91. The molecule has 2 aliphatic carbocycles. The Kier molecular flexibility index (Phi) is 2.63. The Morgan fingerprint density at radius 2 is 2.12 bits per heavy atom. The fraction of sp³-hybridized carbons (Fsp3) is 0.667. The summed E-state index contributed by atoms with van der Waals surface area (Å²) >= 11 is 0. The Hall–Kier alpha value is -1.36. The second-order valence-corrected chi connectivity index (χ2v) is 5.06. The minimum Gasteiger partial charge on any atom is -0.307 e. The first kappa shape index (κ1) is 10.8. The summed E-state index contributed by atoms with van der Waals surface area (Å²) in [5, 5.41) is 0. The molecule has 5 nitrogen and oxygen atoms in total. The van der Waals surface area contributed by atoms with Crippen molar-refractivity contribution in [3.63, 3.8) is 0 Å². The first-order chi connectivity index (χ1) is 8.29. The number of aromatic nitrogens is 2. The van der Waals surface area contributed by atoms with E-state index in [0.29, 0.717) is 11.7 Å². The molecule has 0 amide bonds. The summed E-state index contributed by atoms with van der Waals surface area (Å²) in [5.41, 5.74) is 4.58. The molecule has 2 aliphatic rings. The number of nitrogens with two attached hydrogens (primary N) is 1. The van der Waals surface area contributed by atoms with Crippen LogP contribution in [0.25, 0.3) is 0 Å². The molecule has 3 rings (SSSR count). The third-order valence-corrected chi connectivity index (χ3v) is 3.70. The lowest BCUT2D eigenvalue weighted by Crippen LogP contribution is -2.32. The molecular weight excluding hydrogens is 216 g/mol. The summed E-state index contributed by atoms with van der Waals surface area (Å²) in [6, 6.07) is 0. The minimum absolute atomic E-state index is 0.0555. The second-order valence-electron chi connectivity index (χ2n) is 5.06. The fourth-order valence-electron chi connectivity index (χ4n) is 2.56. The molecule has 5 heteroatoms. The van der Waals surface area contributed by atoms with Crippen LogP contribution in [0.4, 0.5) is 5.82 Å². The lowest BCUT2D eigenvalue weighted by molar-refractivity contribution is 0.532. The number of rotatable bonds is 3. The van der Waals surface area contributed by atoms with Gasteiger partial charge in [0.25, 0.3) is 5.56 Å². The Morgan fingerprint density at radius 3 is 2.82 bits per heavy atom. The summed E-state index contributed by atoms with van der Waals surface area (Å²) < 4.78 is 1.91. The van der Waals surface area contributed by atoms with Gasteiger partial charge in [0, 0.05) is 12.2 Å². The number of fused-ring (bicyclic) bond motifs is 1. The monoisotopic (exact) mass is 234 g/mol. The van der Waals surface area contributed by atoms with Crippen LogP contribution in [0.3, 0.4) is 0 Å². The van der Waals surface area contributed by atoms with Gasteiger partial charge in [-0.25, -0.2) is 10.8 Å². The highest BCUT2D eigenvalue weighted by atomic mass is 16.1. The van der Waals surface area contributed by atoms with Crippen molar-refractivity contribution in [1.82, 2.24) is 9.55 Å². The van der Waals surface area contributed by atoms with Crippen molar-refractivity contribution < 1.29 is 0 Å². The van der Waals surface area contributed by atoms with Crippen LogP contribution in [0, 0.1) is 5.92 Å². The molecule has 17 heavy (non-hydrogen) atoms. The van der Waals surface area contributed by atoms with Crippen LogP contribution in [0.2, 0.25) is 0 Å². The van der Waals surface area contributed by atoms with Gasteiger partial charge in [-0.05, 0) is 44.4 Å². The maximum Gasteiger partial charge on any atom is 0.294 e. The van der Waals surface area contributed by atoms with E-state index in [1.807, 2.05) is 4.57 Å². The average molecular weight is 234 g/mol. The average Bonchev–Trinajstić information content (AvgIpc) is 3.16. The van der Waals surface area contributed by atoms with Gasteiger partial charge in [0.1, 0.15) is 0 Å². The maximum atomic E-state index is 12.2. The van der Waals surface area contributed by atoms with E-state index < -0.39 is 0 Å². The molecule has 0 bridgehead atoms. The molecule has 0 spiro atoms. The zero-order chi connectivity index (χ0) is 11.8. The molecule has 92 valence electrons. The quantitative estimate of drug-likeness (QED) is 0.600. The number of hydrogen-bond acceptors (Lipinski definition) is 4. The molecule has 0 unspecified atom stereocenters. The van der Waals surface area contributed by atoms with E-state index in [9.17, 15) is 4.79 Å². The smallest absolute Gasteiger partial charge is 0.294 e. The van der Waals surface area contributed by atoms with Crippen molar-refractivity contribution in [1.29, 1.82) is 0 Å². The van der Waals surface area contributed by atoms with Crippen LogP contribution in [0.5, 0.6) is 0 Å². The molecule has 0 saturated heterocycles. The third kappa shape index (κ3) is 1.95. The number of anilines is 1. The van der Waals surface area contributed by atoms with Crippen LogP contribution in [-0.4, -0.2) is 9.55 Å². The van der Waals surface area contributed by atoms with Gasteiger partial charge in [-0.1, -0.05) is 0 Å². The molecule has 1 saturated carbocycles. The van der Waals surface area contributed by atoms with E-state index >= 15 is 0 Å². The van der Waals surface area contributed by atoms with Gasteiger partial charge in [-0.2, -0.15) is 0 Å². The van der Waals surface area contributed by atoms with Crippen LogP contribution in [0.1, 0.15) is 37.1 Å². The van der Waals surface area contributed by atoms with E-state index in [0.717, 1.165) is 43.6 Å². The SMILES string of the molecule is NNc1nc2c(n(CC3CC3)c1=O)CCCC2. The molecule has 1 heterocycles. The topological polar surface area (TPSA) is 72.9 Å². The largest absolute Gasteiger partial charge is 0.307 e. The maximum absolute atomic E-state index is 12.2. The highest BCUT2D eigenvalue weighted by molar-refractivity contribution is 5.34. The van der Waals surface area contributed by atoms with Crippen molar-refractivity contribution in [2.24, 2.45) is 11.8 Å². The van der Waals surface area contributed by atoms with Crippen molar-refractivity contribution >= 4 is 5.82 Å². The van der Waals surface area contributed by atoms with Gasteiger partial charge in [0.05, 0.1) is 5.69 Å². The van der Waals surface area contributed by atoms with Crippen LogP contribution in [0.15, 0.2) is 4.79 Å². The Labute approximate surface area is 100 Å². The lowest BCUT2D eigenvalue weighted by atomic mass is 10.00. The van der Waals surface area contributed by atoms with Gasteiger partial charge in [0.2, 0.25) is 5.82 Å². The molecule has 1 aromatic heterocycles. The molecule has 1 aromatic rings.